The van der Waals surface area contributed by atoms with E-state index in [0.717, 1.165) is 25.7 Å². The van der Waals surface area contributed by atoms with Crippen molar-refractivity contribution in [2.45, 2.75) is 38.2 Å². The van der Waals surface area contributed by atoms with Gasteiger partial charge < -0.3 is 15.0 Å². The number of fused-ring (bicyclic) bond motifs is 1. The summed E-state index contributed by atoms with van der Waals surface area (Å²) < 4.78 is 58.7. The molecule has 2 saturated heterocycles. The van der Waals surface area contributed by atoms with Crippen molar-refractivity contribution in [2.75, 3.05) is 67.7 Å². The third kappa shape index (κ3) is 5.91. The van der Waals surface area contributed by atoms with Gasteiger partial charge in [-0.25, -0.2) is 22.2 Å². The summed E-state index contributed by atoms with van der Waals surface area (Å²) in [5, 5.41) is 3.40. The van der Waals surface area contributed by atoms with Gasteiger partial charge in [0.2, 0.25) is 5.95 Å². The second-order valence-electron chi connectivity index (χ2n) is 10.8. The molecule has 0 radical (unpaired) electrons. The maximum Gasteiger partial charge on any atom is 0.296 e. The first kappa shape index (κ1) is 27.3. The number of ether oxygens (including phenoxy) is 1. The number of hydrogen-bond acceptors (Lipinski definition) is 9. The van der Waals surface area contributed by atoms with Gasteiger partial charge in [0.05, 0.1) is 35.8 Å². The predicted molar refractivity (Wildman–Crippen MR) is 149 cm³/mol. The zero-order valence-electron chi connectivity index (χ0n) is 22.4. The Morgan fingerprint density at radius 1 is 0.950 bits per heavy atom. The van der Waals surface area contributed by atoms with E-state index < -0.39 is 16.3 Å². The number of aromatic nitrogens is 4. The van der Waals surface area contributed by atoms with Crippen molar-refractivity contribution < 1.29 is 21.9 Å². The second kappa shape index (κ2) is 11.5. The minimum absolute atomic E-state index is 0.257. The third-order valence-corrected chi connectivity index (χ3v) is 9.91. The molecule has 1 aliphatic carbocycles. The molecule has 2 aliphatic heterocycles. The minimum atomic E-state index is -2.88. The number of nitrogens with one attached hydrogen (secondary N) is 1. The fraction of sp³-hybridized carbons (Fsp3) is 0.593. The first-order valence-corrected chi connectivity index (χ1v) is 15.8. The van der Waals surface area contributed by atoms with E-state index in [1.807, 2.05) is 0 Å². The molecule has 1 N–H and O–H groups in total. The Labute approximate surface area is 232 Å². The van der Waals surface area contributed by atoms with Crippen molar-refractivity contribution in [3.8, 4) is 5.82 Å². The smallest absolute Gasteiger partial charge is 0.296 e. The van der Waals surface area contributed by atoms with Crippen LogP contribution >= 0.6 is 0 Å². The number of alkyl halides is 2. The average molecular weight is 576 g/mol. The van der Waals surface area contributed by atoms with E-state index in [2.05, 4.69) is 20.1 Å². The molecular weight excluding hydrogens is 540 g/mol. The number of benzene rings is 1. The van der Waals surface area contributed by atoms with E-state index in [1.54, 1.807) is 30.3 Å². The van der Waals surface area contributed by atoms with Crippen LogP contribution in [-0.2, 0) is 14.6 Å². The van der Waals surface area contributed by atoms with Crippen molar-refractivity contribution in [1.29, 1.82) is 0 Å². The fourth-order valence-corrected chi connectivity index (χ4v) is 7.27. The van der Waals surface area contributed by atoms with E-state index in [4.69, 9.17) is 14.7 Å². The Bertz CT molecular complexity index is 1420. The van der Waals surface area contributed by atoms with Crippen LogP contribution in [0.1, 0.15) is 37.9 Å². The highest BCUT2D eigenvalue weighted by molar-refractivity contribution is 7.91. The summed E-state index contributed by atoms with van der Waals surface area (Å²) in [6, 6.07) is 9.26. The molecule has 3 fully saturated rings. The highest BCUT2D eigenvalue weighted by Crippen LogP contribution is 2.31. The van der Waals surface area contributed by atoms with E-state index in [0.29, 0.717) is 86.5 Å². The lowest BCUT2D eigenvalue weighted by Crippen LogP contribution is -2.47. The Balaban J connectivity index is 1.20. The van der Waals surface area contributed by atoms with Gasteiger partial charge in [0.15, 0.2) is 15.7 Å². The number of rotatable bonds is 7. The van der Waals surface area contributed by atoms with E-state index in [-0.39, 0.29) is 17.3 Å². The molecule has 1 aromatic carbocycles. The number of imidazole rings is 1. The topological polar surface area (TPSA) is 105 Å². The predicted octanol–water partition coefficient (Wildman–Crippen LogP) is 3.29. The summed E-state index contributed by atoms with van der Waals surface area (Å²) >= 11 is 0. The summed E-state index contributed by atoms with van der Waals surface area (Å²) in [6.45, 7) is 4.40. The molecule has 1 saturated carbocycles. The van der Waals surface area contributed by atoms with Gasteiger partial charge in [-0.05, 0) is 43.7 Å². The highest BCUT2D eigenvalue weighted by atomic mass is 32.2. The molecular formula is C27H35F2N7O3S. The van der Waals surface area contributed by atoms with Gasteiger partial charge in [-0.2, -0.15) is 9.97 Å². The van der Waals surface area contributed by atoms with Gasteiger partial charge in [0.25, 0.3) is 6.43 Å². The van der Waals surface area contributed by atoms with Crippen molar-refractivity contribution in [3.05, 3.63) is 36.2 Å². The fourth-order valence-electron chi connectivity index (χ4n) is 6.04. The van der Waals surface area contributed by atoms with Crippen LogP contribution in [0.3, 0.4) is 0 Å². The number of anilines is 2. The summed E-state index contributed by atoms with van der Waals surface area (Å²) in [4.78, 5) is 18.1. The van der Waals surface area contributed by atoms with Crippen LogP contribution < -0.4 is 10.2 Å². The summed E-state index contributed by atoms with van der Waals surface area (Å²) in [7, 11) is -2.88. The molecule has 4 heterocycles. The van der Waals surface area contributed by atoms with E-state index in [9.17, 15) is 17.2 Å². The Kier molecular flexibility index (Phi) is 7.87. The first-order chi connectivity index (χ1) is 19.4. The van der Waals surface area contributed by atoms with E-state index >= 15 is 0 Å². The summed E-state index contributed by atoms with van der Waals surface area (Å²) in [5.41, 5.74) is 1.06. The molecule has 0 amide bonds. The molecule has 2 aromatic heterocycles. The van der Waals surface area contributed by atoms with Crippen molar-refractivity contribution in [2.24, 2.45) is 5.92 Å². The largest absolute Gasteiger partial charge is 0.378 e. The molecule has 10 nitrogen and oxygen atoms in total. The van der Waals surface area contributed by atoms with Crippen LogP contribution in [0, 0.1) is 5.92 Å². The maximum atomic E-state index is 14.1. The Morgan fingerprint density at radius 2 is 1.65 bits per heavy atom. The van der Waals surface area contributed by atoms with Crippen LogP contribution in [0.15, 0.2) is 30.3 Å². The molecule has 0 spiro atoms. The minimum Gasteiger partial charge on any atom is -0.378 e. The lowest BCUT2D eigenvalue weighted by molar-refractivity contribution is 0.122. The number of morpholine rings is 1. The zero-order chi connectivity index (χ0) is 27.7. The average Bonchev–Trinajstić information content (AvgIpc) is 3.37. The summed E-state index contributed by atoms with van der Waals surface area (Å²) in [5.74, 6) is 2.02. The quantitative estimate of drug-likeness (QED) is 0.454. The van der Waals surface area contributed by atoms with Crippen LogP contribution in [0.25, 0.3) is 16.9 Å². The number of para-hydroxylation sites is 2. The lowest BCUT2D eigenvalue weighted by atomic mass is 9.85. The van der Waals surface area contributed by atoms with Gasteiger partial charge in [0, 0.05) is 44.8 Å². The zero-order valence-corrected chi connectivity index (χ0v) is 23.2. The Hall–Kier alpha value is -2.90. The molecule has 0 unspecified atom stereocenters. The van der Waals surface area contributed by atoms with Crippen molar-refractivity contribution in [1.82, 2.24) is 24.4 Å². The van der Waals surface area contributed by atoms with Crippen LogP contribution in [0.4, 0.5) is 20.5 Å². The number of nitrogens with zero attached hydrogens (tertiary/aromatic N) is 6. The van der Waals surface area contributed by atoms with Crippen LogP contribution in [0.2, 0.25) is 0 Å². The van der Waals surface area contributed by atoms with E-state index in [1.165, 1.54) is 4.57 Å². The van der Waals surface area contributed by atoms with Gasteiger partial charge in [-0.1, -0.05) is 12.1 Å². The number of hydrogen-bond donors (Lipinski definition) is 1. The van der Waals surface area contributed by atoms with Gasteiger partial charge in [-0.3, -0.25) is 9.47 Å². The number of sulfone groups is 1. The molecule has 40 heavy (non-hydrogen) atoms. The van der Waals surface area contributed by atoms with Crippen LogP contribution in [-0.4, -0.2) is 96.3 Å². The van der Waals surface area contributed by atoms with Crippen molar-refractivity contribution >= 4 is 32.6 Å². The molecule has 0 bridgehead atoms. The van der Waals surface area contributed by atoms with Gasteiger partial charge in [-0.15, -0.1) is 0 Å². The molecule has 3 aromatic rings. The molecule has 3 aliphatic rings. The van der Waals surface area contributed by atoms with Crippen LogP contribution in [0.5, 0.6) is 0 Å². The molecule has 6 rings (SSSR count). The summed E-state index contributed by atoms with van der Waals surface area (Å²) in [6.07, 6.45) is 1.36. The monoisotopic (exact) mass is 575 g/mol. The Morgan fingerprint density at radius 3 is 2.38 bits per heavy atom. The van der Waals surface area contributed by atoms with Crippen molar-refractivity contribution in [3.63, 3.8) is 0 Å². The SMILES string of the molecule is O=S1(=O)CCN(C2CCC(CNc3nc(N4CCOCC4)cc(-n4c(C(F)F)nc5ccccc54)n3)CC2)CC1. The molecule has 216 valence electrons. The normalized spacial score (nSPS) is 24.0. The standard InChI is InChI=1S/C27H35F2N7O3S/c28-25(29)26-31-21-3-1-2-4-22(21)36(26)24-17-23(35-9-13-39-14-10-35)32-27(33-24)30-18-19-5-7-20(8-6-19)34-11-15-40(37,38)16-12-34/h1-4,17,19-20,25H,5-16,18H2,(H,30,32,33). The number of halogens is 2. The highest BCUT2D eigenvalue weighted by Gasteiger charge is 2.30. The third-order valence-electron chi connectivity index (χ3n) is 8.31. The van der Waals surface area contributed by atoms with Gasteiger partial charge >= 0.3 is 0 Å². The maximum absolute atomic E-state index is 14.1. The lowest BCUT2D eigenvalue weighted by Gasteiger charge is -2.38. The van der Waals surface area contributed by atoms with Gasteiger partial charge in [0.1, 0.15) is 11.6 Å². The molecule has 0 atom stereocenters. The second-order valence-corrected chi connectivity index (χ2v) is 13.1. The first-order valence-electron chi connectivity index (χ1n) is 14.0. The molecule has 13 heteroatoms.